The molecule has 0 radical (unpaired) electrons. The van der Waals surface area contributed by atoms with Gasteiger partial charge in [0, 0.05) is 41.1 Å². The quantitative estimate of drug-likeness (QED) is 0.877. The number of hydrogen-bond acceptors (Lipinski definition) is 1. The Morgan fingerprint density at radius 2 is 2.28 bits per heavy atom. The van der Waals surface area contributed by atoms with Crippen LogP contribution < -0.4 is 5.32 Å². The molecule has 0 fully saturated rings. The summed E-state index contributed by atoms with van der Waals surface area (Å²) in [5, 5.41) is 5.53. The van der Waals surface area contributed by atoms with Gasteiger partial charge in [-0.05, 0) is 44.0 Å². The van der Waals surface area contributed by atoms with Gasteiger partial charge >= 0.3 is 0 Å². The number of hydrogen-bond donors (Lipinski definition) is 1. The Hall–Kier alpha value is -0.990. The summed E-state index contributed by atoms with van der Waals surface area (Å²) < 4.78 is 2.34. The van der Waals surface area contributed by atoms with Crippen molar-refractivity contribution in [3.8, 4) is 0 Å². The summed E-state index contributed by atoms with van der Waals surface area (Å²) in [4.78, 5) is 0. The molecule has 1 atom stereocenters. The highest BCUT2D eigenvalue weighted by Gasteiger charge is 2.25. The molecule has 1 aliphatic rings. The predicted octanol–water partition coefficient (Wildman–Crippen LogP) is 3.47. The van der Waals surface area contributed by atoms with E-state index in [1.165, 1.54) is 41.4 Å². The number of aryl methyl sites for hydroxylation is 2. The lowest BCUT2D eigenvalue weighted by Crippen LogP contribution is -2.22. The molecule has 1 aliphatic carbocycles. The summed E-state index contributed by atoms with van der Waals surface area (Å²) >= 11 is 6.13. The van der Waals surface area contributed by atoms with Crippen LogP contribution in [0.5, 0.6) is 0 Å². The number of halogens is 1. The second-order valence-electron chi connectivity index (χ2n) is 5.23. The molecule has 2 aromatic rings. The third-order valence-electron chi connectivity index (χ3n) is 4.13. The van der Waals surface area contributed by atoms with Crippen LogP contribution in [0.3, 0.4) is 0 Å². The van der Waals surface area contributed by atoms with Gasteiger partial charge in [-0.3, -0.25) is 0 Å². The topological polar surface area (TPSA) is 17.0 Å². The Balaban J connectivity index is 2.23. The van der Waals surface area contributed by atoms with E-state index < -0.39 is 0 Å². The normalized spacial score (nSPS) is 19.2. The van der Waals surface area contributed by atoms with Crippen LogP contribution >= 0.6 is 11.6 Å². The fourth-order valence-electron chi connectivity index (χ4n) is 3.40. The van der Waals surface area contributed by atoms with Crippen LogP contribution in [-0.4, -0.2) is 18.2 Å². The number of rotatable bonds is 2. The Kier molecular flexibility index (Phi) is 3.08. The number of nitrogens with zero attached hydrogens (tertiary/aromatic N) is 1. The molecule has 0 saturated carbocycles. The first-order chi connectivity index (χ1) is 8.72. The van der Waals surface area contributed by atoms with Crippen LogP contribution in [0.4, 0.5) is 0 Å². The Labute approximate surface area is 113 Å². The van der Waals surface area contributed by atoms with Gasteiger partial charge in [0.25, 0.3) is 0 Å². The van der Waals surface area contributed by atoms with Crippen LogP contribution in [0.1, 0.15) is 30.0 Å². The largest absolute Gasteiger partial charge is 0.347 e. The van der Waals surface area contributed by atoms with E-state index >= 15 is 0 Å². The SMILES string of the molecule is CNCC1CCCc2c1n(C)c1cc(Cl)ccc21. The molecule has 96 valence electrons. The van der Waals surface area contributed by atoms with Crippen molar-refractivity contribution in [2.24, 2.45) is 7.05 Å². The van der Waals surface area contributed by atoms with Crippen LogP contribution in [0.25, 0.3) is 10.9 Å². The molecule has 0 aliphatic heterocycles. The summed E-state index contributed by atoms with van der Waals surface area (Å²) in [6, 6.07) is 6.27. The number of benzene rings is 1. The Morgan fingerprint density at radius 1 is 1.44 bits per heavy atom. The number of likely N-dealkylation sites (N-methyl/N-ethyl adjacent to an activating group) is 1. The van der Waals surface area contributed by atoms with Crippen molar-refractivity contribution in [3.63, 3.8) is 0 Å². The Morgan fingerprint density at radius 3 is 3.06 bits per heavy atom. The van der Waals surface area contributed by atoms with Gasteiger partial charge in [0.05, 0.1) is 0 Å². The molecule has 18 heavy (non-hydrogen) atoms. The van der Waals surface area contributed by atoms with Gasteiger partial charge in [-0.1, -0.05) is 17.7 Å². The van der Waals surface area contributed by atoms with Crippen molar-refractivity contribution in [2.75, 3.05) is 13.6 Å². The lowest BCUT2D eigenvalue weighted by molar-refractivity contribution is 0.506. The third kappa shape index (κ3) is 1.75. The molecule has 1 aromatic carbocycles. The van der Waals surface area contributed by atoms with E-state index in [0.29, 0.717) is 5.92 Å². The molecule has 0 bridgehead atoms. The minimum atomic E-state index is 0.634. The van der Waals surface area contributed by atoms with Crippen molar-refractivity contribution >= 4 is 22.5 Å². The van der Waals surface area contributed by atoms with E-state index in [4.69, 9.17) is 11.6 Å². The lowest BCUT2D eigenvalue weighted by Gasteiger charge is -2.24. The van der Waals surface area contributed by atoms with Crippen molar-refractivity contribution in [1.29, 1.82) is 0 Å². The van der Waals surface area contributed by atoms with E-state index in [9.17, 15) is 0 Å². The highest BCUT2D eigenvalue weighted by Crippen LogP contribution is 2.38. The highest BCUT2D eigenvalue weighted by molar-refractivity contribution is 6.31. The van der Waals surface area contributed by atoms with Gasteiger partial charge in [-0.2, -0.15) is 0 Å². The van der Waals surface area contributed by atoms with Gasteiger partial charge in [0.15, 0.2) is 0 Å². The minimum absolute atomic E-state index is 0.634. The van der Waals surface area contributed by atoms with E-state index in [-0.39, 0.29) is 0 Å². The lowest BCUT2D eigenvalue weighted by atomic mass is 9.86. The molecule has 1 unspecified atom stereocenters. The molecule has 0 saturated heterocycles. The van der Waals surface area contributed by atoms with Crippen molar-refractivity contribution in [3.05, 3.63) is 34.5 Å². The maximum absolute atomic E-state index is 6.13. The highest BCUT2D eigenvalue weighted by atomic mass is 35.5. The molecule has 1 aromatic heterocycles. The van der Waals surface area contributed by atoms with Crippen LogP contribution in [0.2, 0.25) is 5.02 Å². The van der Waals surface area contributed by atoms with E-state index in [0.717, 1.165) is 11.6 Å². The van der Waals surface area contributed by atoms with E-state index in [2.05, 4.69) is 29.1 Å². The van der Waals surface area contributed by atoms with Crippen molar-refractivity contribution in [2.45, 2.75) is 25.2 Å². The number of nitrogens with one attached hydrogen (secondary N) is 1. The van der Waals surface area contributed by atoms with Crippen molar-refractivity contribution in [1.82, 2.24) is 9.88 Å². The molecule has 3 heteroatoms. The van der Waals surface area contributed by atoms with Crippen LogP contribution in [-0.2, 0) is 13.5 Å². The molecule has 0 spiro atoms. The van der Waals surface area contributed by atoms with Gasteiger partial charge < -0.3 is 9.88 Å². The minimum Gasteiger partial charge on any atom is -0.347 e. The fourth-order valence-corrected chi connectivity index (χ4v) is 3.56. The van der Waals surface area contributed by atoms with Crippen LogP contribution in [0.15, 0.2) is 18.2 Å². The summed E-state index contributed by atoms with van der Waals surface area (Å²) in [7, 11) is 4.21. The summed E-state index contributed by atoms with van der Waals surface area (Å²) in [5.41, 5.74) is 4.32. The molecule has 1 heterocycles. The monoisotopic (exact) mass is 262 g/mol. The smallest absolute Gasteiger partial charge is 0.0497 e. The summed E-state index contributed by atoms with van der Waals surface area (Å²) in [6.07, 6.45) is 3.78. The molecular formula is C15H19ClN2. The second kappa shape index (κ2) is 4.60. The predicted molar refractivity (Wildman–Crippen MR) is 77.5 cm³/mol. The van der Waals surface area contributed by atoms with Crippen molar-refractivity contribution < 1.29 is 0 Å². The van der Waals surface area contributed by atoms with Gasteiger partial charge in [-0.15, -0.1) is 0 Å². The average Bonchev–Trinajstić information content (AvgIpc) is 2.64. The first-order valence-corrected chi connectivity index (χ1v) is 7.01. The maximum Gasteiger partial charge on any atom is 0.0497 e. The van der Waals surface area contributed by atoms with Gasteiger partial charge in [0.1, 0.15) is 0 Å². The summed E-state index contributed by atoms with van der Waals surface area (Å²) in [6.45, 7) is 1.06. The van der Waals surface area contributed by atoms with E-state index in [1.54, 1.807) is 0 Å². The second-order valence-corrected chi connectivity index (χ2v) is 5.67. The Bertz CT molecular complexity index is 586. The molecular weight excluding hydrogens is 244 g/mol. The first-order valence-electron chi connectivity index (χ1n) is 6.63. The standard InChI is InChI=1S/C15H19ClN2/c1-17-9-10-4-3-5-13-12-7-6-11(16)8-14(12)18(2)15(10)13/h6-8,10,17H,3-5,9H2,1-2H3. The van der Waals surface area contributed by atoms with Crippen LogP contribution in [0, 0.1) is 0 Å². The average molecular weight is 263 g/mol. The van der Waals surface area contributed by atoms with E-state index in [1.807, 2.05) is 13.1 Å². The fraction of sp³-hybridized carbons (Fsp3) is 0.467. The zero-order valence-electron chi connectivity index (χ0n) is 11.0. The first kappa shape index (κ1) is 12.1. The molecule has 0 amide bonds. The van der Waals surface area contributed by atoms with Gasteiger partial charge in [-0.25, -0.2) is 0 Å². The zero-order chi connectivity index (χ0) is 12.7. The zero-order valence-corrected chi connectivity index (χ0v) is 11.7. The number of fused-ring (bicyclic) bond motifs is 3. The maximum atomic E-state index is 6.13. The number of aromatic nitrogens is 1. The molecule has 2 nitrogen and oxygen atoms in total. The third-order valence-corrected chi connectivity index (χ3v) is 4.37. The molecule has 1 N–H and O–H groups in total. The summed E-state index contributed by atoms with van der Waals surface area (Å²) in [5.74, 6) is 0.634. The molecule has 3 rings (SSSR count). The van der Waals surface area contributed by atoms with Gasteiger partial charge in [0.2, 0.25) is 0 Å².